The smallest absolute Gasteiger partial charge is 0.0921 e. The summed E-state index contributed by atoms with van der Waals surface area (Å²) in [6, 6.07) is 1.20. The molecule has 1 fully saturated rings. The van der Waals surface area contributed by atoms with Gasteiger partial charge in [-0.1, -0.05) is 0 Å². The predicted molar refractivity (Wildman–Crippen MR) is 56.2 cm³/mol. The molecule has 2 heterocycles. The largest absolute Gasteiger partial charge is 0.348 e. The van der Waals surface area contributed by atoms with E-state index in [0.29, 0.717) is 12.1 Å². The molecule has 1 aliphatic rings. The van der Waals surface area contributed by atoms with Crippen LogP contribution in [0.1, 0.15) is 12.6 Å². The van der Waals surface area contributed by atoms with Gasteiger partial charge in [-0.15, -0.1) is 0 Å². The third-order valence-corrected chi connectivity index (χ3v) is 3.10. The third-order valence-electron chi connectivity index (χ3n) is 3.10. The van der Waals surface area contributed by atoms with Crippen LogP contribution in [0.4, 0.5) is 0 Å². The van der Waals surface area contributed by atoms with Crippen molar-refractivity contribution in [3.05, 3.63) is 18.2 Å². The molecule has 1 unspecified atom stereocenters. The van der Waals surface area contributed by atoms with Gasteiger partial charge in [0.2, 0.25) is 0 Å². The van der Waals surface area contributed by atoms with Gasteiger partial charge in [-0.2, -0.15) is 0 Å². The number of hydrogen-bond donors (Lipinski definition) is 2. The number of rotatable bonds is 2. The van der Waals surface area contributed by atoms with E-state index < -0.39 is 0 Å². The Morgan fingerprint density at radius 3 is 3.14 bits per heavy atom. The first kappa shape index (κ1) is 9.68. The second-order valence-corrected chi connectivity index (χ2v) is 4.11. The first-order valence-corrected chi connectivity index (χ1v) is 5.17. The fourth-order valence-corrected chi connectivity index (χ4v) is 1.97. The summed E-state index contributed by atoms with van der Waals surface area (Å²) in [5.41, 5.74) is 1.22. The lowest BCUT2D eigenvalue weighted by molar-refractivity contribution is 0.139. The quantitative estimate of drug-likeness (QED) is 0.709. The summed E-state index contributed by atoms with van der Waals surface area (Å²) in [4.78, 5) is 9.63. The number of nitrogens with zero attached hydrogens (tertiary/aromatic N) is 2. The number of hydrogen-bond acceptors (Lipinski definition) is 3. The third kappa shape index (κ3) is 1.96. The van der Waals surface area contributed by atoms with Gasteiger partial charge in [0.25, 0.3) is 0 Å². The van der Waals surface area contributed by atoms with Crippen LogP contribution in [0.2, 0.25) is 0 Å². The minimum atomic E-state index is 0.583. The molecule has 14 heavy (non-hydrogen) atoms. The van der Waals surface area contributed by atoms with E-state index in [2.05, 4.69) is 34.2 Å². The van der Waals surface area contributed by atoms with Crippen molar-refractivity contribution in [3.8, 4) is 0 Å². The Kier molecular flexibility index (Phi) is 2.84. The second-order valence-electron chi connectivity index (χ2n) is 4.11. The van der Waals surface area contributed by atoms with Crippen LogP contribution in [0.3, 0.4) is 0 Å². The topological polar surface area (TPSA) is 44.0 Å². The highest BCUT2D eigenvalue weighted by atomic mass is 15.2. The van der Waals surface area contributed by atoms with Crippen LogP contribution in [0.5, 0.6) is 0 Å². The number of piperazine rings is 1. The van der Waals surface area contributed by atoms with Gasteiger partial charge in [0, 0.05) is 43.5 Å². The van der Waals surface area contributed by atoms with E-state index in [0.717, 1.165) is 19.5 Å². The number of aromatic nitrogens is 2. The van der Waals surface area contributed by atoms with Crippen LogP contribution in [-0.2, 0) is 6.42 Å². The summed E-state index contributed by atoms with van der Waals surface area (Å²) in [6.07, 6.45) is 4.70. The molecule has 0 amide bonds. The van der Waals surface area contributed by atoms with Crippen molar-refractivity contribution in [2.24, 2.45) is 0 Å². The average Bonchev–Trinajstić information content (AvgIpc) is 2.66. The molecule has 2 rings (SSSR count). The number of nitrogens with one attached hydrogen (secondary N) is 2. The van der Waals surface area contributed by atoms with Gasteiger partial charge in [0.05, 0.1) is 6.33 Å². The zero-order valence-corrected chi connectivity index (χ0v) is 8.83. The molecule has 0 bridgehead atoms. The highest BCUT2D eigenvalue weighted by Gasteiger charge is 2.24. The van der Waals surface area contributed by atoms with Gasteiger partial charge < -0.3 is 10.3 Å². The van der Waals surface area contributed by atoms with E-state index in [-0.39, 0.29) is 0 Å². The molecule has 4 heteroatoms. The van der Waals surface area contributed by atoms with Crippen molar-refractivity contribution < 1.29 is 0 Å². The normalized spacial score (nSPS) is 29.3. The molecule has 0 spiro atoms. The molecular formula is C10H18N4. The Bertz CT molecular complexity index is 270. The van der Waals surface area contributed by atoms with Crippen molar-refractivity contribution in [3.63, 3.8) is 0 Å². The second kappa shape index (κ2) is 4.11. The standard InChI is InChI=1S/C10H18N4/c1-8-4-11-6-10(14(8)2)3-9-5-12-7-13-9/h5,7-8,10-11H,3-4,6H2,1-2H3,(H,12,13)/t8?,10-/m0/s1. The number of H-pyrrole nitrogens is 1. The van der Waals surface area contributed by atoms with E-state index in [1.54, 1.807) is 6.33 Å². The lowest BCUT2D eigenvalue weighted by Crippen LogP contribution is -2.55. The van der Waals surface area contributed by atoms with Crippen LogP contribution in [0, 0.1) is 0 Å². The maximum atomic E-state index is 4.04. The van der Waals surface area contributed by atoms with Crippen molar-refractivity contribution in [2.45, 2.75) is 25.4 Å². The van der Waals surface area contributed by atoms with Gasteiger partial charge in [-0.25, -0.2) is 4.98 Å². The summed E-state index contributed by atoms with van der Waals surface area (Å²) in [7, 11) is 2.20. The van der Waals surface area contributed by atoms with Crippen LogP contribution in [-0.4, -0.2) is 47.1 Å². The van der Waals surface area contributed by atoms with Crippen LogP contribution < -0.4 is 5.32 Å². The highest BCUT2D eigenvalue weighted by molar-refractivity contribution is 4.99. The lowest BCUT2D eigenvalue weighted by atomic mass is 10.1. The molecule has 1 aromatic rings. The molecule has 1 aromatic heterocycles. The van der Waals surface area contributed by atoms with Crippen LogP contribution in [0.25, 0.3) is 0 Å². The fraction of sp³-hybridized carbons (Fsp3) is 0.700. The Labute approximate surface area is 84.7 Å². The molecule has 4 nitrogen and oxygen atoms in total. The fourth-order valence-electron chi connectivity index (χ4n) is 1.97. The van der Waals surface area contributed by atoms with E-state index in [1.165, 1.54) is 5.69 Å². The molecule has 2 N–H and O–H groups in total. The van der Waals surface area contributed by atoms with Gasteiger partial charge >= 0.3 is 0 Å². The van der Waals surface area contributed by atoms with E-state index in [9.17, 15) is 0 Å². The molecule has 0 aromatic carbocycles. The highest BCUT2D eigenvalue weighted by Crippen LogP contribution is 2.10. The van der Waals surface area contributed by atoms with Gasteiger partial charge in [-0.05, 0) is 14.0 Å². The molecule has 0 radical (unpaired) electrons. The Morgan fingerprint density at radius 1 is 1.57 bits per heavy atom. The lowest BCUT2D eigenvalue weighted by Gasteiger charge is -2.38. The number of aromatic amines is 1. The molecule has 1 aliphatic heterocycles. The monoisotopic (exact) mass is 194 g/mol. The van der Waals surface area contributed by atoms with E-state index in [1.807, 2.05) is 6.20 Å². The molecule has 1 saturated heterocycles. The number of imidazole rings is 1. The van der Waals surface area contributed by atoms with Crippen LogP contribution in [0.15, 0.2) is 12.5 Å². The molecule has 0 aliphatic carbocycles. The summed E-state index contributed by atoms with van der Waals surface area (Å²) >= 11 is 0. The minimum absolute atomic E-state index is 0.583. The first-order valence-electron chi connectivity index (χ1n) is 5.17. The van der Waals surface area contributed by atoms with Crippen molar-refractivity contribution in [2.75, 3.05) is 20.1 Å². The maximum absolute atomic E-state index is 4.04. The summed E-state index contributed by atoms with van der Waals surface area (Å²) in [5.74, 6) is 0. The average molecular weight is 194 g/mol. The van der Waals surface area contributed by atoms with Gasteiger partial charge in [0.1, 0.15) is 0 Å². The zero-order valence-electron chi connectivity index (χ0n) is 8.83. The minimum Gasteiger partial charge on any atom is -0.348 e. The Morgan fingerprint density at radius 2 is 2.43 bits per heavy atom. The first-order chi connectivity index (χ1) is 6.77. The molecule has 0 saturated carbocycles. The summed E-state index contributed by atoms with van der Waals surface area (Å²) in [5, 5.41) is 3.45. The molecule has 2 atom stereocenters. The van der Waals surface area contributed by atoms with Crippen molar-refractivity contribution in [1.82, 2.24) is 20.2 Å². The Hall–Kier alpha value is -0.870. The predicted octanol–water partition coefficient (Wildman–Crippen LogP) is 0.244. The summed E-state index contributed by atoms with van der Waals surface area (Å²) in [6.45, 7) is 4.42. The zero-order chi connectivity index (χ0) is 9.97. The van der Waals surface area contributed by atoms with Crippen molar-refractivity contribution >= 4 is 0 Å². The maximum Gasteiger partial charge on any atom is 0.0921 e. The molecule has 78 valence electrons. The molecular weight excluding hydrogens is 176 g/mol. The van der Waals surface area contributed by atoms with E-state index >= 15 is 0 Å². The SMILES string of the molecule is CC1CNC[C@H](Cc2cnc[nH]2)N1C. The van der Waals surface area contributed by atoms with Gasteiger partial charge in [-0.3, -0.25) is 4.90 Å². The van der Waals surface area contributed by atoms with E-state index in [4.69, 9.17) is 0 Å². The van der Waals surface area contributed by atoms with Crippen molar-refractivity contribution in [1.29, 1.82) is 0 Å². The van der Waals surface area contributed by atoms with Crippen LogP contribution >= 0.6 is 0 Å². The summed E-state index contributed by atoms with van der Waals surface area (Å²) < 4.78 is 0. The van der Waals surface area contributed by atoms with Gasteiger partial charge in [0.15, 0.2) is 0 Å². The number of likely N-dealkylation sites (N-methyl/N-ethyl adjacent to an activating group) is 1. The Balaban J connectivity index is 1.97.